The molecular formula is C13H29N3O3S. The Morgan fingerprint density at radius 1 is 1.35 bits per heavy atom. The summed E-state index contributed by atoms with van der Waals surface area (Å²) >= 11 is 0. The molecule has 2 N–H and O–H groups in total. The molecule has 1 aliphatic rings. The molecule has 6 nitrogen and oxygen atoms in total. The van der Waals surface area contributed by atoms with Crippen molar-refractivity contribution in [2.24, 2.45) is 0 Å². The van der Waals surface area contributed by atoms with Crippen LogP contribution in [0.2, 0.25) is 0 Å². The monoisotopic (exact) mass is 307 g/mol. The molecule has 1 aliphatic heterocycles. The highest BCUT2D eigenvalue weighted by Crippen LogP contribution is 2.19. The fourth-order valence-corrected chi connectivity index (χ4v) is 4.35. The van der Waals surface area contributed by atoms with Gasteiger partial charge >= 0.3 is 0 Å². The molecular weight excluding hydrogens is 278 g/mol. The minimum Gasteiger partial charge on any atom is -0.395 e. The maximum Gasteiger partial charge on any atom is 0.280 e. The Hall–Kier alpha value is -0.210. The normalized spacial score (nSPS) is 23.1. The van der Waals surface area contributed by atoms with Crippen molar-refractivity contribution in [3.63, 3.8) is 0 Å². The van der Waals surface area contributed by atoms with E-state index in [-0.39, 0.29) is 18.7 Å². The van der Waals surface area contributed by atoms with E-state index in [9.17, 15) is 13.5 Å². The highest BCUT2D eigenvalue weighted by Gasteiger charge is 2.32. The second-order valence-electron chi connectivity index (χ2n) is 5.45. The lowest BCUT2D eigenvalue weighted by molar-refractivity contribution is 0.153. The highest BCUT2D eigenvalue weighted by atomic mass is 32.2. The molecule has 120 valence electrons. The largest absolute Gasteiger partial charge is 0.395 e. The first-order valence-electron chi connectivity index (χ1n) is 7.56. The molecule has 0 spiro atoms. The van der Waals surface area contributed by atoms with Gasteiger partial charge in [-0.2, -0.15) is 17.4 Å². The van der Waals surface area contributed by atoms with Crippen LogP contribution in [0.5, 0.6) is 0 Å². The lowest BCUT2D eigenvalue weighted by Crippen LogP contribution is -2.53. The third-order valence-corrected chi connectivity index (χ3v) is 5.67. The Bertz CT molecular complexity index is 371. The van der Waals surface area contributed by atoms with E-state index in [1.54, 1.807) is 0 Å². The van der Waals surface area contributed by atoms with Crippen LogP contribution in [-0.4, -0.2) is 67.6 Å². The fraction of sp³-hybridized carbons (Fsp3) is 1.00. The molecule has 1 heterocycles. The number of piperidine rings is 1. The van der Waals surface area contributed by atoms with Gasteiger partial charge in [-0.05, 0) is 32.9 Å². The summed E-state index contributed by atoms with van der Waals surface area (Å²) in [6.45, 7) is 8.92. The molecule has 2 atom stereocenters. The molecule has 1 rings (SSSR count). The second-order valence-corrected chi connectivity index (χ2v) is 7.11. The van der Waals surface area contributed by atoms with E-state index < -0.39 is 10.2 Å². The SMILES string of the molecule is CCN(CC)CC(C)NS(=O)(=O)N1CCCCC1CO. The van der Waals surface area contributed by atoms with Crippen molar-refractivity contribution in [3.05, 3.63) is 0 Å². The van der Waals surface area contributed by atoms with Gasteiger partial charge in [0.2, 0.25) is 0 Å². The van der Waals surface area contributed by atoms with Gasteiger partial charge in [-0.3, -0.25) is 0 Å². The standard InChI is InChI=1S/C13H29N3O3S/c1-4-15(5-2)10-12(3)14-20(18,19)16-9-7-6-8-13(16)11-17/h12-14,17H,4-11H2,1-3H3. The summed E-state index contributed by atoms with van der Waals surface area (Å²) in [5.74, 6) is 0. The molecule has 0 bridgehead atoms. The van der Waals surface area contributed by atoms with Crippen LogP contribution in [0, 0.1) is 0 Å². The smallest absolute Gasteiger partial charge is 0.280 e. The Morgan fingerprint density at radius 2 is 2.00 bits per heavy atom. The number of hydrogen-bond acceptors (Lipinski definition) is 4. The molecule has 0 aliphatic carbocycles. The molecule has 1 saturated heterocycles. The molecule has 0 radical (unpaired) electrons. The van der Waals surface area contributed by atoms with Crippen LogP contribution in [0.4, 0.5) is 0 Å². The van der Waals surface area contributed by atoms with Crippen LogP contribution in [0.3, 0.4) is 0 Å². The van der Waals surface area contributed by atoms with Crippen LogP contribution in [0.25, 0.3) is 0 Å². The van der Waals surface area contributed by atoms with Crippen molar-refractivity contribution in [3.8, 4) is 0 Å². The average Bonchev–Trinajstić information content (AvgIpc) is 2.44. The number of aliphatic hydroxyl groups is 1. The zero-order valence-electron chi connectivity index (χ0n) is 12.9. The van der Waals surface area contributed by atoms with Crippen LogP contribution >= 0.6 is 0 Å². The topological polar surface area (TPSA) is 72.9 Å². The Balaban J connectivity index is 2.63. The van der Waals surface area contributed by atoms with Crippen LogP contribution in [-0.2, 0) is 10.2 Å². The van der Waals surface area contributed by atoms with Crippen molar-refractivity contribution >= 4 is 10.2 Å². The lowest BCUT2D eigenvalue weighted by Gasteiger charge is -2.34. The molecule has 0 aromatic rings. The van der Waals surface area contributed by atoms with Crippen molar-refractivity contribution in [1.82, 2.24) is 13.9 Å². The van der Waals surface area contributed by atoms with Crippen LogP contribution in [0.1, 0.15) is 40.0 Å². The summed E-state index contributed by atoms with van der Waals surface area (Å²) < 4.78 is 29.0. The minimum absolute atomic E-state index is 0.106. The molecule has 20 heavy (non-hydrogen) atoms. The summed E-state index contributed by atoms with van der Waals surface area (Å²) in [5, 5.41) is 9.34. The maximum absolute atomic E-state index is 12.4. The zero-order valence-corrected chi connectivity index (χ0v) is 13.7. The van der Waals surface area contributed by atoms with E-state index >= 15 is 0 Å². The van der Waals surface area contributed by atoms with E-state index in [1.807, 2.05) is 6.92 Å². The summed E-state index contributed by atoms with van der Waals surface area (Å²) in [6.07, 6.45) is 2.58. The summed E-state index contributed by atoms with van der Waals surface area (Å²) in [4.78, 5) is 2.19. The van der Waals surface area contributed by atoms with Gasteiger partial charge in [-0.15, -0.1) is 0 Å². The number of hydrogen-bond donors (Lipinski definition) is 2. The quantitative estimate of drug-likeness (QED) is 0.681. The summed E-state index contributed by atoms with van der Waals surface area (Å²) in [6, 6.07) is -0.414. The highest BCUT2D eigenvalue weighted by molar-refractivity contribution is 7.87. The summed E-state index contributed by atoms with van der Waals surface area (Å²) in [5.41, 5.74) is 0. The molecule has 0 amide bonds. The van der Waals surface area contributed by atoms with E-state index in [1.165, 1.54) is 4.31 Å². The first-order valence-corrected chi connectivity index (χ1v) is 9.00. The van der Waals surface area contributed by atoms with Gasteiger partial charge in [0.05, 0.1) is 6.61 Å². The van der Waals surface area contributed by atoms with E-state index in [0.717, 1.165) is 32.4 Å². The predicted molar refractivity (Wildman–Crippen MR) is 80.7 cm³/mol. The maximum atomic E-state index is 12.4. The van der Waals surface area contributed by atoms with Gasteiger partial charge in [0, 0.05) is 25.2 Å². The van der Waals surface area contributed by atoms with E-state index in [4.69, 9.17) is 0 Å². The molecule has 2 unspecified atom stereocenters. The second kappa shape index (κ2) is 8.29. The van der Waals surface area contributed by atoms with Crippen molar-refractivity contribution < 1.29 is 13.5 Å². The Kier molecular flexibility index (Phi) is 7.39. The zero-order chi connectivity index (χ0) is 15.2. The van der Waals surface area contributed by atoms with Gasteiger partial charge in [0.15, 0.2) is 0 Å². The first-order chi connectivity index (χ1) is 9.44. The molecule has 0 aromatic carbocycles. The number of nitrogens with one attached hydrogen (secondary N) is 1. The molecule has 0 aromatic heterocycles. The predicted octanol–water partition coefficient (Wildman–Crippen LogP) is 0.398. The third kappa shape index (κ3) is 4.96. The summed E-state index contributed by atoms with van der Waals surface area (Å²) in [7, 11) is -3.51. The average molecular weight is 307 g/mol. The molecule has 1 fully saturated rings. The lowest BCUT2D eigenvalue weighted by atomic mass is 10.1. The number of aliphatic hydroxyl groups excluding tert-OH is 1. The van der Waals surface area contributed by atoms with Gasteiger partial charge in [-0.1, -0.05) is 20.3 Å². The van der Waals surface area contributed by atoms with Gasteiger partial charge in [0.25, 0.3) is 10.2 Å². The Labute approximate surface area is 123 Å². The van der Waals surface area contributed by atoms with E-state index in [0.29, 0.717) is 13.1 Å². The van der Waals surface area contributed by atoms with E-state index in [2.05, 4.69) is 23.5 Å². The first kappa shape index (κ1) is 17.8. The van der Waals surface area contributed by atoms with Crippen molar-refractivity contribution in [2.75, 3.05) is 32.8 Å². The van der Waals surface area contributed by atoms with Crippen molar-refractivity contribution in [2.45, 2.75) is 52.1 Å². The number of likely N-dealkylation sites (N-methyl/N-ethyl adjacent to an activating group) is 1. The molecule has 7 heteroatoms. The minimum atomic E-state index is -3.51. The van der Waals surface area contributed by atoms with Crippen LogP contribution in [0.15, 0.2) is 0 Å². The number of rotatable bonds is 8. The number of nitrogens with zero attached hydrogens (tertiary/aromatic N) is 2. The fourth-order valence-electron chi connectivity index (χ4n) is 2.70. The van der Waals surface area contributed by atoms with Gasteiger partial charge in [0.1, 0.15) is 0 Å². The van der Waals surface area contributed by atoms with Crippen molar-refractivity contribution in [1.29, 1.82) is 0 Å². The van der Waals surface area contributed by atoms with Gasteiger partial charge < -0.3 is 10.0 Å². The molecule has 0 saturated carbocycles. The van der Waals surface area contributed by atoms with Gasteiger partial charge in [-0.25, -0.2) is 0 Å². The third-order valence-electron chi connectivity index (χ3n) is 3.87. The Morgan fingerprint density at radius 3 is 2.55 bits per heavy atom. The van der Waals surface area contributed by atoms with Crippen LogP contribution < -0.4 is 4.72 Å².